The molecule has 0 bridgehead atoms. The molecule has 2 aromatic heterocycles. The van der Waals surface area contributed by atoms with E-state index in [1.54, 1.807) is 18.5 Å². The molecule has 21 heavy (non-hydrogen) atoms. The van der Waals surface area contributed by atoms with Gasteiger partial charge in [-0.15, -0.1) is 0 Å². The molecule has 0 spiro atoms. The van der Waals surface area contributed by atoms with Gasteiger partial charge < -0.3 is 5.11 Å². The summed E-state index contributed by atoms with van der Waals surface area (Å²) in [6.07, 6.45) is 4.07. The van der Waals surface area contributed by atoms with E-state index in [0.717, 1.165) is 18.5 Å². The molecule has 0 fully saturated rings. The van der Waals surface area contributed by atoms with Gasteiger partial charge in [-0.25, -0.2) is 4.79 Å². The molecule has 2 aromatic rings. The molecule has 0 saturated heterocycles. The van der Waals surface area contributed by atoms with Crippen molar-refractivity contribution in [3.63, 3.8) is 0 Å². The summed E-state index contributed by atoms with van der Waals surface area (Å²) in [5.41, 5.74) is 2.38. The number of nitrogens with zero attached hydrogens (tertiary/aromatic N) is 4. The largest absolute Gasteiger partial charge is 0.478 e. The monoisotopic (exact) mass is 290 g/mol. The summed E-state index contributed by atoms with van der Waals surface area (Å²) in [6, 6.07) is 2.38. The Bertz CT molecular complexity index is 638. The van der Waals surface area contributed by atoms with Crippen LogP contribution in [0.4, 0.5) is 0 Å². The number of hydrogen-bond acceptors (Lipinski definition) is 3. The van der Waals surface area contributed by atoms with E-state index in [0.29, 0.717) is 24.0 Å². The molecule has 6 heteroatoms. The van der Waals surface area contributed by atoms with Crippen LogP contribution in [0, 0.1) is 13.8 Å². The molecule has 2 heterocycles. The molecule has 1 N–H and O–H groups in total. The van der Waals surface area contributed by atoms with Gasteiger partial charge in [0.05, 0.1) is 29.7 Å². The van der Waals surface area contributed by atoms with Gasteiger partial charge in [-0.2, -0.15) is 10.2 Å². The second kappa shape index (κ2) is 6.11. The first kappa shape index (κ1) is 15.3. The molecule has 0 aliphatic carbocycles. The quantitative estimate of drug-likeness (QED) is 0.888. The summed E-state index contributed by atoms with van der Waals surface area (Å²) in [5.74, 6) is -0.932. The zero-order valence-corrected chi connectivity index (χ0v) is 13.0. The van der Waals surface area contributed by atoms with Crippen molar-refractivity contribution in [2.75, 3.05) is 0 Å². The van der Waals surface area contributed by atoms with Crippen LogP contribution in [0.25, 0.3) is 0 Å². The van der Waals surface area contributed by atoms with Gasteiger partial charge in [0.15, 0.2) is 0 Å². The van der Waals surface area contributed by atoms with Crippen molar-refractivity contribution in [2.45, 2.75) is 53.1 Å². The summed E-state index contributed by atoms with van der Waals surface area (Å²) < 4.78 is 3.69. The highest BCUT2D eigenvalue weighted by Gasteiger charge is 2.18. The second-order valence-corrected chi connectivity index (χ2v) is 5.27. The lowest BCUT2D eigenvalue weighted by Crippen LogP contribution is -2.10. The number of carboxylic acids is 1. The van der Waals surface area contributed by atoms with Crippen molar-refractivity contribution < 1.29 is 9.90 Å². The minimum Gasteiger partial charge on any atom is -0.478 e. The fourth-order valence-electron chi connectivity index (χ4n) is 2.64. The first-order chi connectivity index (χ1) is 9.97. The molecule has 114 valence electrons. The van der Waals surface area contributed by atoms with Crippen LogP contribution < -0.4 is 0 Å². The van der Waals surface area contributed by atoms with E-state index in [1.807, 2.05) is 16.9 Å². The van der Waals surface area contributed by atoms with Gasteiger partial charge in [-0.3, -0.25) is 9.36 Å². The van der Waals surface area contributed by atoms with Crippen LogP contribution >= 0.6 is 0 Å². The Labute approximate surface area is 124 Å². The minimum absolute atomic E-state index is 0.287. The van der Waals surface area contributed by atoms with Gasteiger partial charge in [0, 0.05) is 6.20 Å². The normalized spacial score (nSPS) is 11.3. The SMILES string of the molecule is CCC(CC)n1ccc(Cn2nc(C)c(C(=O)O)c2C)n1. The third-order valence-corrected chi connectivity index (χ3v) is 3.89. The van der Waals surface area contributed by atoms with Crippen LogP contribution in [0.15, 0.2) is 12.3 Å². The maximum Gasteiger partial charge on any atom is 0.339 e. The number of carboxylic acid groups (broad SMARTS) is 1. The molecule has 6 nitrogen and oxygen atoms in total. The van der Waals surface area contributed by atoms with E-state index in [4.69, 9.17) is 0 Å². The number of aromatic carboxylic acids is 1. The zero-order chi connectivity index (χ0) is 15.6. The Balaban J connectivity index is 2.23. The van der Waals surface area contributed by atoms with Crippen molar-refractivity contribution in [1.29, 1.82) is 0 Å². The summed E-state index contributed by atoms with van der Waals surface area (Å²) >= 11 is 0. The molecule has 0 radical (unpaired) electrons. The number of hydrogen-bond donors (Lipinski definition) is 1. The standard InChI is InChI=1S/C15H22N4O2/c1-5-13(6-2)18-8-7-12(17-18)9-19-11(4)14(15(20)21)10(3)16-19/h7-8,13H,5-6,9H2,1-4H3,(H,20,21). The van der Waals surface area contributed by atoms with Crippen LogP contribution in [-0.2, 0) is 6.54 Å². The van der Waals surface area contributed by atoms with Gasteiger partial charge in [0.2, 0.25) is 0 Å². The number of aromatic nitrogens is 4. The number of aryl methyl sites for hydroxylation is 1. The molecule has 2 rings (SSSR count). The van der Waals surface area contributed by atoms with Gasteiger partial charge in [-0.1, -0.05) is 13.8 Å². The van der Waals surface area contributed by atoms with Crippen LogP contribution in [0.3, 0.4) is 0 Å². The Kier molecular flexibility index (Phi) is 4.45. The van der Waals surface area contributed by atoms with Gasteiger partial charge in [0.1, 0.15) is 5.56 Å². The number of carbonyl (C=O) groups is 1. The Hall–Kier alpha value is -2.11. The maximum atomic E-state index is 11.2. The summed E-state index contributed by atoms with van der Waals surface area (Å²) in [5, 5.41) is 18.1. The van der Waals surface area contributed by atoms with Crippen molar-refractivity contribution in [1.82, 2.24) is 19.6 Å². The third kappa shape index (κ3) is 2.99. The maximum absolute atomic E-state index is 11.2. The zero-order valence-electron chi connectivity index (χ0n) is 13.0. The van der Waals surface area contributed by atoms with Crippen LogP contribution in [0.2, 0.25) is 0 Å². The summed E-state index contributed by atoms with van der Waals surface area (Å²) in [7, 11) is 0. The molecule has 0 saturated carbocycles. The molecule has 0 atom stereocenters. The van der Waals surface area contributed by atoms with Crippen LogP contribution in [0.1, 0.15) is 60.2 Å². The van der Waals surface area contributed by atoms with Gasteiger partial charge in [0.25, 0.3) is 0 Å². The molecule has 0 amide bonds. The van der Waals surface area contributed by atoms with Gasteiger partial charge >= 0.3 is 5.97 Å². The highest BCUT2D eigenvalue weighted by Crippen LogP contribution is 2.17. The predicted molar refractivity (Wildman–Crippen MR) is 79.6 cm³/mol. The Morgan fingerprint density at radius 3 is 2.48 bits per heavy atom. The van der Waals surface area contributed by atoms with Gasteiger partial charge in [-0.05, 0) is 32.8 Å². The topological polar surface area (TPSA) is 72.9 Å². The van der Waals surface area contributed by atoms with Crippen molar-refractivity contribution in [2.24, 2.45) is 0 Å². The first-order valence-electron chi connectivity index (χ1n) is 7.29. The van der Waals surface area contributed by atoms with Crippen LogP contribution in [0.5, 0.6) is 0 Å². The van der Waals surface area contributed by atoms with E-state index < -0.39 is 5.97 Å². The fourth-order valence-corrected chi connectivity index (χ4v) is 2.64. The van der Waals surface area contributed by atoms with Crippen molar-refractivity contribution in [3.8, 4) is 0 Å². The lowest BCUT2D eigenvalue weighted by Gasteiger charge is -2.12. The predicted octanol–water partition coefficient (Wildman–Crippen LogP) is 2.80. The highest BCUT2D eigenvalue weighted by molar-refractivity contribution is 5.90. The third-order valence-electron chi connectivity index (χ3n) is 3.89. The average Bonchev–Trinajstić information content (AvgIpc) is 2.97. The molecular formula is C15H22N4O2. The van der Waals surface area contributed by atoms with Crippen molar-refractivity contribution in [3.05, 3.63) is 34.9 Å². The molecule has 0 aliphatic heterocycles. The Morgan fingerprint density at radius 1 is 1.29 bits per heavy atom. The molecule has 0 aliphatic rings. The summed E-state index contributed by atoms with van der Waals surface area (Å²) in [6.45, 7) is 8.29. The van der Waals surface area contributed by atoms with E-state index >= 15 is 0 Å². The molecule has 0 aromatic carbocycles. The number of rotatable bonds is 6. The average molecular weight is 290 g/mol. The fraction of sp³-hybridized carbons (Fsp3) is 0.533. The van der Waals surface area contributed by atoms with Crippen molar-refractivity contribution >= 4 is 5.97 Å². The highest BCUT2D eigenvalue weighted by atomic mass is 16.4. The smallest absolute Gasteiger partial charge is 0.339 e. The summed E-state index contributed by atoms with van der Waals surface area (Å²) in [4.78, 5) is 11.2. The van der Waals surface area contributed by atoms with E-state index in [9.17, 15) is 9.90 Å². The first-order valence-corrected chi connectivity index (χ1v) is 7.29. The second-order valence-electron chi connectivity index (χ2n) is 5.27. The van der Waals surface area contributed by atoms with E-state index in [-0.39, 0.29) is 5.56 Å². The lowest BCUT2D eigenvalue weighted by atomic mass is 10.2. The van der Waals surface area contributed by atoms with E-state index in [1.165, 1.54) is 0 Å². The van der Waals surface area contributed by atoms with Crippen LogP contribution in [-0.4, -0.2) is 30.6 Å². The lowest BCUT2D eigenvalue weighted by molar-refractivity contribution is 0.0695. The molecule has 0 unspecified atom stereocenters. The molecular weight excluding hydrogens is 268 g/mol. The Morgan fingerprint density at radius 2 is 1.95 bits per heavy atom. The van der Waals surface area contributed by atoms with E-state index in [2.05, 4.69) is 24.0 Å². The minimum atomic E-state index is -0.932.